The molecule has 0 spiro atoms. The summed E-state index contributed by atoms with van der Waals surface area (Å²) in [6.07, 6.45) is 14.7. The maximum Gasteiger partial charge on any atom is 0.0737 e. The number of hydrogen-bond donors (Lipinski definition) is 2. The Morgan fingerprint density at radius 1 is 0.433 bits per heavy atom. The second-order valence-electron chi connectivity index (χ2n) is 15.8. The van der Waals surface area contributed by atoms with Gasteiger partial charge in [-0.2, -0.15) is 0 Å². The molecule has 3 aliphatic heterocycles. The lowest BCUT2D eigenvalue weighted by Gasteiger charge is -2.12. The Balaban J connectivity index is 1.34. The molecule has 5 heteroatoms. The summed E-state index contributed by atoms with van der Waals surface area (Å²) in [6.45, 7) is 8.50. The van der Waals surface area contributed by atoms with Crippen molar-refractivity contribution in [2.24, 2.45) is 9.98 Å². The van der Waals surface area contributed by atoms with Crippen LogP contribution in [-0.2, 0) is 0 Å². The van der Waals surface area contributed by atoms with Gasteiger partial charge in [0.15, 0.2) is 0 Å². The predicted molar refractivity (Wildman–Crippen MR) is 249 cm³/mol. The second kappa shape index (κ2) is 15.3. The van der Waals surface area contributed by atoms with Crippen LogP contribution in [0.25, 0.3) is 34.4 Å². The van der Waals surface area contributed by atoms with Crippen LogP contribution >= 0.6 is 0 Å². The highest BCUT2D eigenvalue weighted by Gasteiger charge is 2.25. The van der Waals surface area contributed by atoms with Crippen LogP contribution in [0.1, 0.15) is 67.2 Å². The van der Waals surface area contributed by atoms with Crippen LogP contribution in [0, 0.1) is 27.7 Å². The van der Waals surface area contributed by atoms with E-state index in [9.17, 15) is 0 Å². The van der Waals surface area contributed by atoms with Gasteiger partial charge in [0.2, 0.25) is 0 Å². The third-order valence-electron chi connectivity index (χ3n) is 11.4. The summed E-state index contributed by atoms with van der Waals surface area (Å²) in [4.78, 5) is 23.4. The van der Waals surface area contributed by atoms with Crippen molar-refractivity contribution in [3.63, 3.8) is 0 Å². The maximum atomic E-state index is 5.54. The molecule has 0 saturated carbocycles. The van der Waals surface area contributed by atoms with Crippen LogP contribution in [0.3, 0.4) is 0 Å². The number of aromatic amines is 2. The van der Waals surface area contributed by atoms with E-state index in [1.807, 2.05) is 24.4 Å². The number of nitrogens with one attached hydrogen (secondary N) is 2. The number of aryl methyl sites for hydroxylation is 4. The molecule has 8 bridgehead atoms. The highest BCUT2D eigenvalue weighted by atomic mass is 14.8. The van der Waals surface area contributed by atoms with Crippen molar-refractivity contribution in [3.8, 4) is 0 Å². The number of aliphatic imine (C=N–C) groups is 2. The maximum absolute atomic E-state index is 5.54. The molecule has 3 aromatic heterocycles. The van der Waals surface area contributed by atoms with Crippen LogP contribution in [0.4, 0.5) is 0 Å². The summed E-state index contributed by atoms with van der Waals surface area (Å²) in [6, 6.07) is 47.5. The summed E-state index contributed by atoms with van der Waals surface area (Å²) < 4.78 is 0. The van der Waals surface area contributed by atoms with Gasteiger partial charge in [0, 0.05) is 56.1 Å². The molecular formula is C55H43N5. The highest BCUT2D eigenvalue weighted by molar-refractivity contribution is 6.31. The number of nitrogens with zero attached hydrogens (tertiary/aromatic N) is 3. The van der Waals surface area contributed by atoms with Gasteiger partial charge in [0.1, 0.15) is 0 Å². The average molecular weight is 774 g/mol. The molecule has 7 aromatic rings. The van der Waals surface area contributed by atoms with Gasteiger partial charge in [0.05, 0.1) is 28.5 Å². The molecule has 0 radical (unpaired) electrons. The first-order valence-electron chi connectivity index (χ1n) is 20.4. The quantitative estimate of drug-likeness (QED) is 0.174. The lowest BCUT2D eigenvalue weighted by atomic mass is 9.93. The van der Waals surface area contributed by atoms with Crippen molar-refractivity contribution in [3.05, 3.63) is 253 Å². The summed E-state index contributed by atoms with van der Waals surface area (Å²) >= 11 is 0. The van der Waals surface area contributed by atoms with Crippen molar-refractivity contribution in [2.45, 2.75) is 27.7 Å². The zero-order chi connectivity index (χ0) is 40.7. The van der Waals surface area contributed by atoms with Gasteiger partial charge in [-0.1, -0.05) is 125 Å². The third-order valence-corrected chi connectivity index (χ3v) is 11.4. The number of pyridine rings is 1. The molecule has 2 N–H and O–H groups in total. The minimum Gasteiger partial charge on any atom is -0.354 e. The fraction of sp³-hybridized carbons (Fsp3) is 0.0727. The molecule has 288 valence electrons. The Labute approximate surface area is 350 Å². The second-order valence-corrected chi connectivity index (χ2v) is 15.8. The number of fused-ring (bicyclic) bond motifs is 6. The Morgan fingerprint density at radius 2 is 0.900 bits per heavy atom. The van der Waals surface area contributed by atoms with E-state index in [4.69, 9.17) is 9.98 Å². The highest BCUT2D eigenvalue weighted by Crippen LogP contribution is 2.39. The monoisotopic (exact) mass is 773 g/mol. The number of rotatable bonds is 6. The molecule has 0 unspecified atom stereocenters. The van der Waals surface area contributed by atoms with Crippen LogP contribution in [0.15, 0.2) is 185 Å². The van der Waals surface area contributed by atoms with E-state index in [1.54, 1.807) is 0 Å². The average Bonchev–Trinajstić information content (AvgIpc) is 4.11. The number of allylic oxidation sites excluding steroid dienone is 4. The van der Waals surface area contributed by atoms with Gasteiger partial charge in [-0.3, -0.25) is 4.98 Å². The molecule has 0 amide bonds. The Kier molecular flexibility index (Phi) is 9.34. The fourth-order valence-electron chi connectivity index (χ4n) is 8.20. The first kappa shape index (κ1) is 36.7. The van der Waals surface area contributed by atoms with E-state index in [-0.39, 0.29) is 0 Å². The minimum atomic E-state index is 0.871. The summed E-state index contributed by atoms with van der Waals surface area (Å²) in [5.74, 6) is 0. The first-order valence-corrected chi connectivity index (χ1v) is 20.4. The molecule has 0 saturated heterocycles. The Bertz CT molecular complexity index is 3160. The van der Waals surface area contributed by atoms with Gasteiger partial charge in [-0.25, -0.2) is 9.98 Å². The van der Waals surface area contributed by atoms with Crippen LogP contribution in [0.2, 0.25) is 0 Å². The van der Waals surface area contributed by atoms with E-state index < -0.39 is 0 Å². The number of aromatic nitrogens is 3. The Morgan fingerprint density at radius 3 is 1.38 bits per heavy atom. The molecule has 6 heterocycles. The van der Waals surface area contributed by atoms with Crippen LogP contribution in [0.5, 0.6) is 0 Å². The van der Waals surface area contributed by atoms with E-state index in [1.165, 1.54) is 22.3 Å². The molecule has 3 aliphatic rings. The lowest BCUT2D eigenvalue weighted by molar-refractivity contribution is 1.25. The SMILES string of the molecule is Cc1ccc(C2=C3C=CC(=N3)C(c3ccc(C)cc3)=c3ccc([nH]3)=C(c3ccc(C)cc3)C3=NC(=C(c4ccc(C)cc4)c4cc2[nH]c4/C=C/c2ccccn2)C=C3)cc1. The zero-order valence-electron chi connectivity index (χ0n) is 34.1. The molecule has 5 nitrogen and oxygen atoms in total. The standard InChI is InChI=1S/C55H43N5/c1-34-8-16-38(17-9-34)52-43-33-51(57-44(43)25-24-42-7-5-6-32-56-42)55(41-22-14-37(4)15-23-41)50-31-30-49(60-50)54(40-20-12-36(3)13-21-40)48-29-28-47(59-48)53(46-27-26-45(52)58-46)39-18-10-35(2)11-19-39/h5-33,57,59H,1-4H3/b25-24+,52-45?,53-47?,54-48?,55-50?. The van der Waals surface area contributed by atoms with E-state index in [0.717, 1.165) is 101 Å². The van der Waals surface area contributed by atoms with Gasteiger partial charge in [-0.05, 0) is 117 Å². The smallest absolute Gasteiger partial charge is 0.0737 e. The third kappa shape index (κ3) is 7.01. The van der Waals surface area contributed by atoms with Gasteiger partial charge >= 0.3 is 0 Å². The summed E-state index contributed by atoms with van der Waals surface area (Å²) in [5, 5.41) is 1.96. The molecule has 0 fully saturated rings. The number of H-pyrrole nitrogens is 2. The van der Waals surface area contributed by atoms with Crippen molar-refractivity contribution >= 4 is 45.9 Å². The van der Waals surface area contributed by atoms with E-state index in [2.05, 4.69) is 194 Å². The Hall–Kier alpha value is -7.63. The van der Waals surface area contributed by atoms with Crippen molar-refractivity contribution in [1.29, 1.82) is 0 Å². The van der Waals surface area contributed by atoms with Crippen molar-refractivity contribution < 1.29 is 0 Å². The molecule has 60 heavy (non-hydrogen) atoms. The molecule has 10 rings (SSSR count). The van der Waals surface area contributed by atoms with Gasteiger partial charge in [0.25, 0.3) is 0 Å². The number of hydrogen-bond acceptors (Lipinski definition) is 3. The van der Waals surface area contributed by atoms with Crippen LogP contribution in [-0.4, -0.2) is 26.4 Å². The molecule has 4 aromatic carbocycles. The largest absolute Gasteiger partial charge is 0.354 e. The van der Waals surface area contributed by atoms with Crippen LogP contribution < -0.4 is 10.7 Å². The molecule has 0 atom stereocenters. The summed E-state index contributed by atoms with van der Waals surface area (Å²) in [5.41, 5.74) is 20.5. The molecule has 0 aliphatic carbocycles. The zero-order valence-corrected chi connectivity index (χ0v) is 34.1. The first-order chi connectivity index (χ1) is 29.3. The number of benzene rings is 4. The fourth-order valence-corrected chi connectivity index (χ4v) is 8.20. The van der Waals surface area contributed by atoms with E-state index in [0.29, 0.717) is 0 Å². The molecular weight excluding hydrogens is 731 g/mol. The van der Waals surface area contributed by atoms with Gasteiger partial charge < -0.3 is 9.97 Å². The van der Waals surface area contributed by atoms with Crippen molar-refractivity contribution in [1.82, 2.24) is 15.0 Å². The van der Waals surface area contributed by atoms with E-state index >= 15 is 0 Å². The summed E-state index contributed by atoms with van der Waals surface area (Å²) in [7, 11) is 0. The van der Waals surface area contributed by atoms with Gasteiger partial charge in [-0.15, -0.1) is 0 Å². The lowest BCUT2D eigenvalue weighted by Crippen LogP contribution is -2.21. The normalized spacial score (nSPS) is 14.8. The topological polar surface area (TPSA) is 69.2 Å². The predicted octanol–water partition coefficient (Wildman–Crippen LogP) is 10.8. The minimum absolute atomic E-state index is 0.871. The van der Waals surface area contributed by atoms with Crippen molar-refractivity contribution in [2.75, 3.05) is 0 Å².